The molecule has 39 heavy (non-hydrogen) atoms. The second-order valence-electron chi connectivity index (χ2n) is 9.46. The summed E-state index contributed by atoms with van der Waals surface area (Å²) in [6, 6.07) is 26.8. The van der Waals surface area contributed by atoms with Crippen molar-refractivity contribution in [3.8, 4) is 0 Å². The summed E-state index contributed by atoms with van der Waals surface area (Å²) in [5.41, 5.74) is 2.14. The maximum Gasteiger partial charge on any atom is 0.332 e. The van der Waals surface area contributed by atoms with Gasteiger partial charge < -0.3 is 34.1 Å². The quantitative estimate of drug-likeness (QED) is 0.428. The number of hydrogen-bond donors (Lipinski definition) is 2. The summed E-state index contributed by atoms with van der Waals surface area (Å²) in [6.07, 6.45) is -5.15. The van der Waals surface area contributed by atoms with Crippen LogP contribution in [0.4, 0.5) is 0 Å². The predicted molar refractivity (Wildman–Crippen MR) is 140 cm³/mol. The molecular weight excluding hydrogens is 502 g/mol. The number of hydrogen-bond acceptors (Lipinski definition) is 7. The SMILES string of the molecule is CC(O[C@@H]1[C@@H](NC(=O)c2ccccc2)[C@@H](OCc2ccccc2)O[C@@H]2COC(c3ccccc3)O[C@@H]12)C(=O)O. The number of carboxylic acid groups (broad SMARTS) is 1. The normalized spacial score (nSPS) is 27.2. The van der Waals surface area contributed by atoms with E-state index in [4.69, 9.17) is 23.7 Å². The van der Waals surface area contributed by atoms with Gasteiger partial charge in [0, 0.05) is 11.1 Å². The van der Waals surface area contributed by atoms with E-state index in [0.717, 1.165) is 11.1 Å². The third-order valence-corrected chi connectivity index (χ3v) is 6.71. The molecule has 0 aliphatic carbocycles. The third kappa shape index (κ3) is 6.52. The predicted octanol–water partition coefficient (Wildman–Crippen LogP) is 3.70. The number of aliphatic carboxylic acids is 1. The van der Waals surface area contributed by atoms with Gasteiger partial charge in [0.25, 0.3) is 5.91 Å². The highest BCUT2D eigenvalue weighted by molar-refractivity contribution is 5.94. The van der Waals surface area contributed by atoms with Gasteiger partial charge in [-0.05, 0) is 24.6 Å². The molecule has 2 aliphatic heterocycles. The molecule has 2 aliphatic rings. The molecule has 2 unspecified atom stereocenters. The van der Waals surface area contributed by atoms with E-state index in [1.807, 2.05) is 66.7 Å². The Morgan fingerprint density at radius 1 is 0.949 bits per heavy atom. The van der Waals surface area contributed by atoms with E-state index in [1.165, 1.54) is 6.92 Å². The lowest BCUT2D eigenvalue weighted by molar-refractivity contribution is -0.351. The van der Waals surface area contributed by atoms with E-state index in [2.05, 4.69) is 5.32 Å². The van der Waals surface area contributed by atoms with Gasteiger partial charge in [-0.1, -0.05) is 78.9 Å². The molecule has 9 nitrogen and oxygen atoms in total. The van der Waals surface area contributed by atoms with E-state index < -0.39 is 49.0 Å². The summed E-state index contributed by atoms with van der Waals surface area (Å²) in [5, 5.41) is 12.6. The van der Waals surface area contributed by atoms with Crippen molar-refractivity contribution in [2.24, 2.45) is 0 Å². The summed E-state index contributed by atoms with van der Waals surface area (Å²) in [6.45, 7) is 1.81. The van der Waals surface area contributed by atoms with E-state index in [9.17, 15) is 14.7 Å². The molecule has 3 aromatic carbocycles. The molecule has 2 saturated heterocycles. The minimum atomic E-state index is -1.18. The van der Waals surface area contributed by atoms with E-state index in [0.29, 0.717) is 5.56 Å². The molecule has 2 heterocycles. The Kier molecular flexibility index (Phi) is 8.65. The van der Waals surface area contributed by atoms with Crippen LogP contribution in [0.2, 0.25) is 0 Å². The highest BCUT2D eigenvalue weighted by atomic mass is 16.8. The second kappa shape index (κ2) is 12.5. The van der Waals surface area contributed by atoms with Crippen LogP contribution < -0.4 is 5.32 Å². The summed E-state index contributed by atoms with van der Waals surface area (Å²) in [4.78, 5) is 25.1. The van der Waals surface area contributed by atoms with Gasteiger partial charge in [-0.2, -0.15) is 0 Å². The molecular formula is C30H31NO8. The van der Waals surface area contributed by atoms with Gasteiger partial charge in [0.2, 0.25) is 0 Å². The summed E-state index contributed by atoms with van der Waals surface area (Å²) >= 11 is 0. The Labute approximate surface area is 226 Å². The van der Waals surface area contributed by atoms with Crippen molar-refractivity contribution in [2.75, 3.05) is 6.61 Å². The van der Waals surface area contributed by atoms with Crippen LogP contribution in [0.3, 0.4) is 0 Å². The topological polar surface area (TPSA) is 113 Å². The van der Waals surface area contributed by atoms with Crippen molar-refractivity contribution in [1.29, 1.82) is 0 Å². The molecule has 1 amide bonds. The van der Waals surface area contributed by atoms with Gasteiger partial charge in [-0.15, -0.1) is 0 Å². The molecule has 7 atom stereocenters. The highest BCUT2D eigenvalue weighted by Crippen LogP contribution is 2.36. The van der Waals surface area contributed by atoms with Crippen molar-refractivity contribution >= 4 is 11.9 Å². The van der Waals surface area contributed by atoms with Crippen LogP contribution in [0.5, 0.6) is 0 Å². The summed E-state index contributed by atoms with van der Waals surface area (Å²) in [7, 11) is 0. The minimum Gasteiger partial charge on any atom is -0.479 e. The molecule has 0 aromatic heterocycles. The Morgan fingerprint density at radius 2 is 1.59 bits per heavy atom. The van der Waals surface area contributed by atoms with Gasteiger partial charge in [0.15, 0.2) is 18.7 Å². The lowest BCUT2D eigenvalue weighted by Crippen LogP contribution is -2.68. The van der Waals surface area contributed by atoms with Crippen LogP contribution in [-0.2, 0) is 35.1 Å². The Balaban J connectivity index is 1.45. The average Bonchev–Trinajstić information content (AvgIpc) is 2.98. The van der Waals surface area contributed by atoms with Crippen LogP contribution in [-0.4, -0.2) is 60.3 Å². The summed E-state index contributed by atoms with van der Waals surface area (Å²) < 4.78 is 30.9. The van der Waals surface area contributed by atoms with Crippen molar-refractivity contribution in [2.45, 2.75) is 56.6 Å². The van der Waals surface area contributed by atoms with E-state index >= 15 is 0 Å². The zero-order valence-electron chi connectivity index (χ0n) is 21.4. The standard InChI is InChI=1S/C30H31NO8/c1-19(28(33)34)37-26-24(31-27(32)21-13-7-3-8-14-21)30(35-17-20-11-5-2-6-12-20)38-23-18-36-29(39-25(23)26)22-15-9-4-10-16-22/h2-16,19,23-26,29-30H,17-18H2,1H3,(H,31,32)(H,33,34)/t19?,23-,24-,25-,26-,29?,30+/m1/s1. The maximum absolute atomic E-state index is 13.3. The number of ether oxygens (including phenoxy) is 5. The molecule has 204 valence electrons. The first kappa shape index (κ1) is 27.0. The molecule has 0 radical (unpaired) electrons. The molecule has 5 rings (SSSR count). The second-order valence-corrected chi connectivity index (χ2v) is 9.46. The fourth-order valence-corrected chi connectivity index (χ4v) is 4.68. The Hall–Kier alpha value is -3.60. The average molecular weight is 534 g/mol. The monoisotopic (exact) mass is 533 g/mol. The first-order valence-electron chi connectivity index (χ1n) is 12.9. The number of amides is 1. The van der Waals surface area contributed by atoms with Gasteiger partial charge in [-0.25, -0.2) is 4.79 Å². The molecule has 0 bridgehead atoms. The molecule has 0 spiro atoms. The number of carboxylic acids is 1. The molecule has 9 heteroatoms. The highest BCUT2D eigenvalue weighted by Gasteiger charge is 2.52. The van der Waals surface area contributed by atoms with Gasteiger partial charge in [0.1, 0.15) is 24.4 Å². The number of carbonyl (C=O) groups is 2. The Morgan fingerprint density at radius 3 is 2.26 bits per heavy atom. The van der Waals surface area contributed by atoms with Crippen LogP contribution >= 0.6 is 0 Å². The Bertz CT molecular complexity index is 1230. The molecule has 0 saturated carbocycles. The number of benzene rings is 3. The molecule has 3 aromatic rings. The number of nitrogens with one attached hydrogen (secondary N) is 1. The van der Waals surface area contributed by atoms with Crippen molar-refractivity contribution in [3.63, 3.8) is 0 Å². The largest absolute Gasteiger partial charge is 0.479 e. The van der Waals surface area contributed by atoms with Crippen LogP contribution in [0, 0.1) is 0 Å². The summed E-state index contributed by atoms with van der Waals surface area (Å²) in [5.74, 6) is -1.51. The van der Waals surface area contributed by atoms with Crippen LogP contribution in [0.15, 0.2) is 91.0 Å². The first-order chi connectivity index (χ1) is 19.0. The van der Waals surface area contributed by atoms with E-state index in [-0.39, 0.29) is 19.1 Å². The number of fused-ring (bicyclic) bond motifs is 1. The fourth-order valence-electron chi connectivity index (χ4n) is 4.68. The zero-order valence-corrected chi connectivity index (χ0v) is 21.4. The maximum atomic E-state index is 13.3. The van der Waals surface area contributed by atoms with Crippen molar-refractivity contribution < 1.29 is 38.4 Å². The lowest BCUT2D eigenvalue weighted by atomic mass is 9.94. The number of carbonyl (C=O) groups excluding carboxylic acids is 1. The van der Waals surface area contributed by atoms with Crippen molar-refractivity contribution in [3.05, 3.63) is 108 Å². The van der Waals surface area contributed by atoms with Crippen molar-refractivity contribution in [1.82, 2.24) is 5.32 Å². The van der Waals surface area contributed by atoms with Crippen LogP contribution in [0.25, 0.3) is 0 Å². The molecule has 2 fully saturated rings. The fraction of sp³-hybridized carbons (Fsp3) is 0.333. The minimum absolute atomic E-state index is 0.163. The van der Waals surface area contributed by atoms with Gasteiger partial charge >= 0.3 is 5.97 Å². The third-order valence-electron chi connectivity index (χ3n) is 6.71. The number of rotatable bonds is 9. The molecule has 2 N–H and O–H groups in total. The van der Waals surface area contributed by atoms with Gasteiger partial charge in [-0.3, -0.25) is 4.79 Å². The smallest absolute Gasteiger partial charge is 0.332 e. The van der Waals surface area contributed by atoms with Gasteiger partial charge in [0.05, 0.1) is 13.2 Å². The zero-order chi connectivity index (χ0) is 27.2. The van der Waals surface area contributed by atoms with Crippen LogP contribution in [0.1, 0.15) is 34.7 Å². The van der Waals surface area contributed by atoms with E-state index in [1.54, 1.807) is 24.3 Å². The lowest BCUT2D eigenvalue weighted by Gasteiger charge is -2.49. The first-order valence-corrected chi connectivity index (χ1v) is 12.9.